The number of hydrogen-bond donors (Lipinski definition) is 1. The third-order valence-electron chi connectivity index (χ3n) is 4.70. The number of thiocarbonyl (C=S) groups is 1. The van der Waals surface area contributed by atoms with Crippen LogP contribution in [-0.2, 0) is 0 Å². The van der Waals surface area contributed by atoms with Crippen molar-refractivity contribution in [3.05, 3.63) is 75.4 Å². The van der Waals surface area contributed by atoms with Crippen LogP contribution in [0.4, 0.5) is 0 Å². The summed E-state index contributed by atoms with van der Waals surface area (Å²) in [6.07, 6.45) is 0. The van der Waals surface area contributed by atoms with Crippen LogP contribution in [0.5, 0.6) is 5.75 Å². The average molecular weight is 445 g/mol. The molecule has 0 spiro atoms. The highest BCUT2D eigenvalue weighted by Crippen LogP contribution is 2.36. The van der Waals surface area contributed by atoms with Crippen molar-refractivity contribution in [1.82, 2.24) is 10.2 Å². The van der Waals surface area contributed by atoms with E-state index in [1.165, 1.54) is 0 Å². The Hall–Kier alpha value is -2.18. The Labute approximate surface area is 173 Å². The number of Topliss-reactive ketones (excluding diaryl/α,β-unsaturated/α-hetero) is 1. The fourth-order valence-electron chi connectivity index (χ4n) is 3.31. The summed E-state index contributed by atoms with van der Waals surface area (Å²) in [6.45, 7) is 4.67. The maximum atomic E-state index is 13.4. The lowest BCUT2D eigenvalue weighted by atomic mass is 9.89. The third-order valence-corrected chi connectivity index (χ3v) is 5.66. The Morgan fingerprint density at radius 2 is 1.96 bits per heavy atom. The molecule has 1 aliphatic heterocycles. The molecular formula is C21H21BrN2O2S. The van der Waals surface area contributed by atoms with Crippen molar-refractivity contribution >= 4 is 39.0 Å². The molecule has 1 atom stereocenters. The SMILES string of the molecule is CCN1C(=S)NC(c2ccc(OC)c(Br)c2)C(C(=O)c2ccccc2)=C1C. The molecule has 0 saturated heterocycles. The fraction of sp³-hybridized carbons (Fsp3) is 0.238. The van der Waals surface area contributed by atoms with E-state index in [2.05, 4.69) is 21.2 Å². The van der Waals surface area contributed by atoms with Gasteiger partial charge >= 0.3 is 0 Å². The van der Waals surface area contributed by atoms with Crippen LogP contribution in [0.1, 0.15) is 35.8 Å². The van der Waals surface area contributed by atoms with E-state index in [1.807, 2.05) is 67.3 Å². The molecule has 0 saturated carbocycles. The lowest BCUT2D eigenvalue weighted by molar-refractivity contribution is 0.102. The summed E-state index contributed by atoms with van der Waals surface area (Å²) in [5.74, 6) is 0.738. The first kappa shape index (κ1) is 19.6. The van der Waals surface area contributed by atoms with Gasteiger partial charge in [-0.3, -0.25) is 4.79 Å². The topological polar surface area (TPSA) is 41.6 Å². The molecule has 6 heteroatoms. The second kappa shape index (κ2) is 8.23. The minimum Gasteiger partial charge on any atom is -0.496 e. The number of carbonyl (C=O) groups excluding carboxylic acids is 1. The van der Waals surface area contributed by atoms with Crippen molar-refractivity contribution < 1.29 is 9.53 Å². The summed E-state index contributed by atoms with van der Waals surface area (Å²) in [5.41, 5.74) is 3.19. The molecule has 0 fully saturated rings. The van der Waals surface area contributed by atoms with Crippen molar-refractivity contribution in [3.63, 3.8) is 0 Å². The van der Waals surface area contributed by atoms with Crippen LogP contribution in [0.15, 0.2) is 64.3 Å². The number of hydrogen-bond acceptors (Lipinski definition) is 3. The normalized spacial score (nSPS) is 17.0. The second-order valence-electron chi connectivity index (χ2n) is 6.21. The number of benzene rings is 2. The number of halogens is 1. The van der Waals surface area contributed by atoms with Gasteiger partial charge in [0.1, 0.15) is 5.75 Å². The molecule has 3 rings (SSSR count). The van der Waals surface area contributed by atoms with Crippen LogP contribution in [0.3, 0.4) is 0 Å². The molecule has 1 N–H and O–H groups in total. The molecule has 0 amide bonds. The van der Waals surface area contributed by atoms with Gasteiger partial charge in [0, 0.05) is 23.4 Å². The van der Waals surface area contributed by atoms with E-state index in [0.717, 1.165) is 21.5 Å². The molecule has 0 aromatic heterocycles. The van der Waals surface area contributed by atoms with Crippen LogP contribution in [0, 0.1) is 0 Å². The first-order valence-electron chi connectivity index (χ1n) is 8.69. The molecule has 4 nitrogen and oxygen atoms in total. The minimum absolute atomic E-state index is 0.00140. The Morgan fingerprint density at radius 1 is 1.26 bits per heavy atom. The van der Waals surface area contributed by atoms with Crippen LogP contribution in [-0.4, -0.2) is 29.5 Å². The Kier molecular flexibility index (Phi) is 5.97. The summed E-state index contributed by atoms with van der Waals surface area (Å²) >= 11 is 9.09. The smallest absolute Gasteiger partial charge is 0.193 e. The van der Waals surface area contributed by atoms with Crippen molar-refractivity contribution in [1.29, 1.82) is 0 Å². The quantitative estimate of drug-likeness (QED) is 0.526. The van der Waals surface area contributed by atoms with Crippen molar-refractivity contribution in [2.75, 3.05) is 13.7 Å². The third kappa shape index (κ3) is 3.77. The zero-order valence-electron chi connectivity index (χ0n) is 15.5. The number of nitrogens with zero attached hydrogens (tertiary/aromatic N) is 1. The standard InChI is InChI=1S/C21H21BrN2O2S/c1-4-24-13(2)18(20(25)14-8-6-5-7-9-14)19(23-21(24)27)15-10-11-17(26-3)16(22)12-15/h5-12,19H,4H2,1-3H3,(H,23,27). The number of carbonyl (C=O) groups is 1. The molecular weight excluding hydrogens is 424 g/mol. The van der Waals surface area contributed by atoms with Gasteiger partial charge in [-0.2, -0.15) is 0 Å². The van der Waals surface area contributed by atoms with Gasteiger partial charge in [-0.15, -0.1) is 0 Å². The van der Waals surface area contributed by atoms with E-state index >= 15 is 0 Å². The molecule has 0 radical (unpaired) electrons. The predicted octanol–water partition coefficient (Wildman–Crippen LogP) is 4.87. The summed E-state index contributed by atoms with van der Waals surface area (Å²) < 4.78 is 6.16. The van der Waals surface area contributed by atoms with E-state index in [0.29, 0.717) is 22.8 Å². The van der Waals surface area contributed by atoms with E-state index < -0.39 is 0 Å². The highest BCUT2D eigenvalue weighted by molar-refractivity contribution is 9.10. The van der Waals surface area contributed by atoms with Crippen molar-refractivity contribution in [3.8, 4) is 5.75 Å². The summed E-state index contributed by atoms with van der Waals surface area (Å²) in [6, 6.07) is 14.8. The van der Waals surface area contributed by atoms with Gasteiger partial charge in [-0.25, -0.2) is 0 Å². The second-order valence-corrected chi connectivity index (χ2v) is 7.46. The molecule has 0 bridgehead atoms. The Morgan fingerprint density at radius 3 is 2.56 bits per heavy atom. The van der Waals surface area contributed by atoms with E-state index in [1.54, 1.807) is 7.11 Å². The van der Waals surface area contributed by atoms with Gasteiger partial charge < -0.3 is 15.0 Å². The fourth-order valence-corrected chi connectivity index (χ4v) is 4.26. The summed E-state index contributed by atoms with van der Waals surface area (Å²) in [5, 5.41) is 3.97. The largest absolute Gasteiger partial charge is 0.496 e. The predicted molar refractivity (Wildman–Crippen MR) is 115 cm³/mol. The molecule has 2 aromatic carbocycles. The molecule has 0 aliphatic carbocycles. The highest BCUT2D eigenvalue weighted by Gasteiger charge is 2.33. The Balaban J connectivity index is 2.13. The first-order valence-corrected chi connectivity index (χ1v) is 9.90. The van der Waals surface area contributed by atoms with Crippen molar-refractivity contribution in [2.24, 2.45) is 0 Å². The van der Waals surface area contributed by atoms with Gasteiger partial charge in [0.25, 0.3) is 0 Å². The maximum absolute atomic E-state index is 13.4. The molecule has 1 aliphatic rings. The number of ether oxygens (including phenoxy) is 1. The Bertz CT molecular complexity index is 912. The van der Waals surface area contributed by atoms with E-state index in [4.69, 9.17) is 17.0 Å². The number of rotatable bonds is 5. The number of methoxy groups -OCH3 is 1. The van der Waals surface area contributed by atoms with Crippen molar-refractivity contribution in [2.45, 2.75) is 19.9 Å². The van der Waals surface area contributed by atoms with Gasteiger partial charge in [0.2, 0.25) is 0 Å². The molecule has 140 valence electrons. The van der Waals surface area contributed by atoms with Gasteiger partial charge in [-0.05, 0) is 59.7 Å². The summed E-state index contributed by atoms with van der Waals surface area (Å²) in [4.78, 5) is 15.3. The lowest BCUT2D eigenvalue weighted by Gasteiger charge is -2.37. The summed E-state index contributed by atoms with van der Waals surface area (Å²) in [7, 11) is 1.63. The molecule has 1 unspecified atom stereocenters. The number of nitrogens with one attached hydrogen (secondary N) is 1. The van der Waals surface area contributed by atoms with Gasteiger partial charge in [-0.1, -0.05) is 36.4 Å². The molecule has 27 heavy (non-hydrogen) atoms. The maximum Gasteiger partial charge on any atom is 0.193 e. The monoisotopic (exact) mass is 444 g/mol. The van der Waals surface area contributed by atoms with Crippen LogP contribution >= 0.6 is 28.1 Å². The van der Waals surface area contributed by atoms with E-state index in [9.17, 15) is 4.79 Å². The van der Waals surface area contributed by atoms with Gasteiger partial charge in [0.05, 0.1) is 17.6 Å². The van der Waals surface area contributed by atoms with Gasteiger partial charge in [0.15, 0.2) is 10.9 Å². The zero-order chi connectivity index (χ0) is 19.6. The zero-order valence-corrected chi connectivity index (χ0v) is 17.9. The molecule has 1 heterocycles. The number of allylic oxidation sites excluding steroid dienone is 1. The first-order chi connectivity index (χ1) is 13.0. The molecule has 2 aromatic rings. The highest BCUT2D eigenvalue weighted by atomic mass is 79.9. The van der Waals surface area contributed by atoms with Crippen LogP contribution in [0.25, 0.3) is 0 Å². The lowest BCUT2D eigenvalue weighted by Crippen LogP contribution is -2.47. The van der Waals surface area contributed by atoms with Crippen LogP contribution < -0.4 is 10.1 Å². The number of ketones is 1. The minimum atomic E-state index is -0.324. The van der Waals surface area contributed by atoms with E-state index in [-0.39, 0.29) is 11.8 Å². The van der Waals surface area contributed by atoms with Crippen LogP contribution in [0.2, 0.25) is 0 Å². The average Bonchev–Trinajstić information content (AvgIpc) is 2.68.